The molecule has 0 unspecified atom stereocenters. The van der Waals surface area contributed by atoms with Gasteiger partial charge in [-0.2, -0.15) is 0 Å². The third-order valence-electron chi connectivity index (χ3n) is 6.73. The molecule has 1 aliphatic carbocycles. The molecule has 5 rings (SSSR count). The quantitative estimate of drug-likeness (QED) is 0.531. The number of nitrogens with zero attached hydrogens (tertiary/aromatic N) is 4. The van der Waals surface area contributed by atoms with Crippen LogP contribution in [0.2, 0.25) is 0 Å². The number of hydrogen-bond acceptors (Lipinski definition) is 6. The highest BCUT2D eigenvalue weighted by Gasteiger charge is 2.29. The van der Waals surface area contributed by atoms with Gasteiger partial charge in [0, 0.05) is 30.8 Å². The second kappa shape index (κ2) is 9.67. The van der Waals surface area contributed by atoms with Gasteiger partial charge in [0.2, 0.25) is 11.9 Å². The number of fused-ring (bicyclic) bond motifs is 2. The molecule has 8 nitrogen and oxygen atoms in total. The highest BCUT2D eigenvalue weighted by Crippen LogP contribution is 2.29. The fourth-order valence-corrected chi connectivity index (χ4v) is 4.80. The molecular formula is C26H29N5O3. The van der Waals surface area contributed by atoms with Gasteiger partial charge < -0.3 is 14.6 Å². The summed E-state index contributed by atoms with van der Waals surface area (Å²) in [4.78, 5) is 38.4. The average molecular weight is 460 g/mol. The van der Waals surface area contributed by atoms with Crippen molar-refractivity contribution in [2.75, 3.05) is 20.2 Å². The Bertz CT molecular complexity index is 1140. The molecular weight excluding hydrogens is 430 g/mol. The van der Waals surface area contributed by atoms with Gasteiger partial charge in [0.25, 0.3) is 5.91 Å². The summed E-state index contributed by atoms with van der Waals surface area (Å²) in [6, 6.07) is 16.0. The number of benzene rings is 2. The van der Waals surface area contributed by atoms with Crippen molar-refractivity contribution >= 4 is 29.2 Å². The number of oxime groups is 1. The Hall–Kier alpha value is -3.68. The SMILES string of the molecule is CN(C(=O)CO/N=C(\c1ccccc1)c1ccc2c(c1)CN1CC(=O)NC1=N2)C1CCCCC1. The van der Waals surface area contributed by atoms with E-state index in [9.17, 15) is 9.59 Å². The molecule has 2 aromatic carbocycles. The van der Waals surface area contributed by atoms with E-state index in [2.05, 4.69) is 15.5 Å². The van der Waals surface area contributed by atoms with Crippen molar-refractivity contribution in [2.45, 2.75) is 44.7 Å². The molecule has 0 atom stereocenters. The van der Waals surface area contributed by atoms with Crippen molar-refractivity contribution in [1.29, 1.82) is 0 Å². The summed E-state index contributed by atoms with van der Waals surface area (Å²) in [6.45, 7) is 0.805. The van der Waals surface area contributed by atoms with Gasteiger partial charge in [-0.25, -0.2) is 4.99 Å². The molecule has 1 saturated carbocycles. The Balaban J connectivity index is 1.35. The smallest absolute Gasteiger partial charge is 0.263 e. The van der Waals surface area contributed by atoms with Gasteiger partial charge in [-0.3, -0.25) is 14.9 Å². The zero-order valence-electron chi connectivity index (χ0n) is 19.4. The van der Waals surface area contributed by atoms with E-state index in [4.69, 9.17) is 4.84 Å². The predicted octanol–water partition coefficient (Wildman–Crippen LogP) is 3.18. The van der Waals surface area contributed by atoms with Crippen LogP contribution in [0.4, 0.5) is 5.69 Å². The maximum Gasteiger partial charge on any atom is 0.263 e. The molecule has 1 saturated heterocycles. The average Bonchev–Trinajstić information content (AvgIpc) is 3.24. The highest BCUT2D eigenvalue weighted by atomic mass is 16.6. The number of carbonyl (C=O) groups excluding carboxylic acids is 2. The van der Waals surface area contributed by atoms with E-state index in [-0.39, 0.29) is 18.4 Å². The lowest BCUT2D eigenvalue weighted by atomic mass is 9.94. The predicted molar refractivity (Wildman–Crippen MR) is 130 cm³/mol. The monoisotopic (exact) mass is 459 g/mol. The van der Waals surface area contributed by atoms with E-state index < -0.39 is 0 Å². The summed E-state index contributed by atoms with van der Waals surface area (Å²) in [5.74, 6) is 0.502. The first-order valence-corrected chi connectivity index (χ1v) is 11.9. The summed E-state index contributed by atoms with van der Waals surface area (Å²) in [6.07, 6.45) is 5.70. The second-order valence-corrected chi connectivity index (χ2v) is 9.06. The minimum absolute atomic E-state index is 0.0467. The lowest BCUT2D eigenvalue weighted by molar-refractivity contribution is -0.137. The Morgan fingerprint density at radius 1 is 1.12 bits per heavy atom. The number of carbonyl (C=O) groups is 2. The Kier molecular flexibility index (Phi) is 6.29. The van der Waals surface area contributed by atoms with Crippen molar-refractivity contribution in [3.63, 3.8) is 0 Å². The molecule has 0 bridgehead atoms. The summed E-state index contributed by atoms with van der Waals surface area (Å²) < 4.78 is 0. The van der Waals surface area contributed by atoms with Crippen LogP contribution in [-0.2, 0) is 21.0 Å². The highest BCUT2D eigenvalue weighted by molar-refractivity contribution is 6.13. The van der Waals surface area contributed by atoms with Crippen molar-refractivity contribution in [3.05, 3.63) is 65.2 Å². The fraction of sp³-hybridized carbons (Fsp3) is 0.385. The largest absolute Gasteiger partial charge is 0.385 e. The summed E-state index contributed by atoms with van der Waals surface area (Å²) in [7, 11) is 1.86. The van der Waals surface area contributed by atoms with Crippen LogP contribution in [0.1, 0.15) is 48.8 Å². The summed E-state index contributed by atoms with van der Waals surface area (Å²) in [5, 5.41) is 7.20. The minimum atomic E-state index is -0.0938. The number of rotatable bonds is 6. The fourth-order valence-electron chi connectivity index (χ4n) is 4.80. The molecule has 0 aromatic heterocycles. The molecule has 2 amide bonds. The van der Waals surface area contributed by atoms with Crippen LogP contribution in [0.3, 0.4) is 0 Å². The van der Waals surface area contributed by atoms with Crippen LogP contribution in [0.5, 0.6) is 0 Å². The van der Waals surface area contributed by atoms with Crippen LogP contribution in [0, 0.1) is 0 Å². The van der Waals surface area contributed by atoms with E-state index in [0.717, 1.165) is 35.2 Å². The van der Waals surface area contributed by atoms with E-state index in [0.29, 0.717) is 30.8 Å². The van der Waals surface area contributed by atoms with Crippen LogP contribution >= 0.6 is 0 Å². The lowest BCUT2D eigenvalue weighted by Gasteiger charge is -2.30. The Labute approximate surface area is 199 Å². The van der Waals surface area contributed by atoms with Gasteiger partial charge in [-0.1, -0.05) is 60.8 Å². The number of nitrogens with one attached hydrogen (secondary N) is 1. The van der Waals surface area contributed by atoms with E-state index in [1.807, 2.05) is 65.4 Å². The Morgan fingerprint density at radius 2 is 1.91 bits per heavy atom. The molecule has 2 aromatic rings. The van der Waals surface area contributed by atoms with Gasteiger partial charge in [0.1, 0.15) is 12.3 Å². The van der Waals surface area contributed by atoms with Gasteiger partial charge >= 0.3 is 0 Å². The van der Waals surface area contributed by atoms with Gasteiger partial charge in [-0.05, 0) is 30.5 Å². The Morgan fingerprint density at radius 3 is 2.71 bits per heavy atom. The standard InChI is InChI=1S/C26H29N5O3/c1-30(21-10-6-3-7-11-21)24(33)17-34-29-25(18-8-4-2-5-9-18)19-12-13-22-20(14-19)15-31-16-23(32)28-26(31)27-22/h2,4-5,8-9,12-14,21H,3,6-7,10-11,15-17H2,1H3,(H,27,28,32)/b29-25+. The van der Waals surface area contributed by atoms with Crippen molar-refractivity contribution < 1.29 is 14.4 Å². The van der Waals surface area contributed by atoms with Gasteiger partial charge in [0.15, 0.2) is 6.61 Å². The zero-order valence-corrected chi connectivity index (χ0v) is 19.4. The number of guanidine groups is 1. The zero-order chi connectivity index (χ0) is 23.5. The normalized spacial score (nSPS) is 18.0. The number of aliphatic imine (C=N–C) groups is 1. The topological polar surface area (TPSA) is 86.6 Å². The van der Waals surface area contributed by atoms with Crippen LogP contribution in [-0.4, -0.2) is 59.5 Å². The van der Waals surface area contributed by atoms with E-state index in [1.165, 1.54) is 19.3 Å². The number of hydrogen-bond donors (Lipinski definition) is 1. The molecule has 2 heterocycles. The summed E-state index contributed by atoms with van der Waals surface area (Å²) in [5.41, 5.74) is 4.26. The first-order chi connectivity index (χ1) is 16.6. The molecule has 176 valence electrons. The van der Waals surface area contributed by atoms with E-state index >= 15 is 0 Å². The van der Waals surface area contributed by atoms with Crippen LogP contribution in [0.25, 0.3) is 0 Å². The minimum Gasteiger partial charge on any atom is -0.385 e. The van der Waals surface area contributed by atoms with E-state index in [1.54, 1.807) is 0 Å². The van der Waals surface area contributed by atoms with Crippen molar-refractivity contribution in [3.8, 4) is 0 Å². The molecule has 0 spiro atoms. The van der Waals surface area contributed by atoms with Gasteiger partial charge in [-0.15, -0.1) is 0 Å². The number of amides is 2. The van der Waals surface area contributed by atoms with Crippen molar-refractivity contribution in [1.82, 2.24) is 15.1 Å². The van der Waals surface area contributed by atoms with Crippen LogP contribution < -0.4 is 5.32 Å². The maximum absolute atomic E-state index is 12.7. The van der Waals surface area contributed by atoms with Crippen molar-refractivity contribution in [2.24, 2.45) is 10.1 Å². The lowest BCUT2D eigenvalue weighted by Crippen LogP contribution is -2.40. The molecule has 3 aliphatic rings. The first-order valence-electron chi connectivity index (χ1n) is 11.9. The molecule has 2 aliphatic heterocycles. The molecule has 2 fully saturated rings. The molecule has 8 heteroatoms. The molecule has 0 radical (unpaired) electrons. The third kappa shape index (κ3) is 4.66. The third-order valence-corrected chi connectivity index (χ3v) is 6.73. The maximum atomic E-state index is 12.7. The van der Waals surface area contributed by atoms with Crippen LogP contribution in [0.15, 0.2) is 58.7 Å². The summed E-state index contributed by atoms with van der Waals surface area (Å²) >= 11 is 0. The second-order valence-electron chi connectivity index (χ2n) is 9.06. The molecule has 1 N–H and O–H groups in total. The first kappa shape index (κ1) is 22.1. The van der Waals surface area contributed by atoms with Gasteiger partial charge in [0.05, 0.1) is 5.69 Å². The molecule has 34 heavy (non-hydrogen) atoms. The number of likely N-dealkylation sites (N-methyl/N-ethyl adjacent to an activating group) is 1.